The van der Waals surface area contributed by atoms with E-state index in [1.165, 1.54) is 0 Å². The number of benzene rings is 4. The van der Waals surface area contributed by atoms with Gasteiger partial charge < -0.3 is 16.0 Å². The summed E-state index contributed by atoms with van der Waals surface area (Å²) in [4.78, 5) is 16.9. The van der Waals surface area contributed by atoms with Gasteiger partial charge >= 0.3 is 0 Å². The van der Waals surface area contributed by atoms with Crippen LogP contribution in [0, 0.1) is 11.3 Å². The van der Waals surface area contributed by atoms with E-state index >= 15 is 0 Å². The minimum atomic E-state index is -0.486. The first-order valence-electron chi connectivity index (χ1n) is 10.6. The van der Waals surface area contributed by atoms with Crippen LogP contribution in [0.3, 0.4) is 0 Å². The Balaban J connectivity index is 1.63. The molecule has 0 aliphatic carbocycles. The largest absolute Gasteiger partial charge is 0.399 e. The summed E-state index contributed by atoms with van der Waals surface area (Å²) in [6.07, 6.45) is 1.54. The summed E-state index contributed by atoms with van der Waals surface area (Å²) in [6.45, 7) is 0. The Labute approximate surface area is 203 Å². The molecule has 34 heavy (non-hydrogen) atoms. The molecule has 5 nitrogen and oxygen atoms in total. The fourth-order valence-corrected chi connectivity index (χ4v) is 4.18. The molecule has 6 heteroatoms. The van der Waals surface area contributed by atoms with E-state index in [1.54, 1.807) is 35.0 Å². The van der Waals surface area contributed by atoms with E-state index in [2.05, 4.69) is 5.32 Å². The molecule has 0 saturated heterocycles. The number of anilines is 4. The predicted octanol–water partition coefficient (Wildman–Crippen LogP) is 6.60. The molecule has 3 N–H and O–H groups in total. The first kappa shape index (κ1) is 22.7. The molecule has 0 aliphatic heterocycles. The molecule has 0 saturated carbocycles. The highest BCUT2D eigenvalue weighted by atomic mass is 32.2. The van der Waals surface area contributed by atoms with Crippen molar-refractivity contribution in [2.24, 2.45) is 0 Å². The quantitative estimate of drug-likeness (QED) is 0.184. The lowest BCUT2D eigenvalue weighted by Gasteiger charge is -2.21. The maximum atomic E-state index is 13.1. The van der Waals surface area contributed by atoms with Gasteiger partial charge in [-0.1, -0.05) is 60.3 Å². The van der Waals surface area contributed by atoms with Gasteiger partial charge in [-0.2, -0.15) is 5.26 Å². The molecule has 4 aromatic rings. The third-order valence-electron chi connectivity index (χ3n) is 4.94. The fraction of sp³-hybridized carbons (Fsp3) is 0. The zero-order chi connectivity index (χ0) is 23.8. The van der Waals surface area contributed by atoms with E-state index < -0.39 is 5.91 Å². The van der Waals surface area contributed by atoms with Gasteiger partial charge in [0.1, 0.15) is 11.6 Å². The molecule has 0 fully saturated rings. The minimum Gasteiger partial charge on any atom is -0.399 e. The van der Waals surface area contributed by atoms with Crippen molar-refractivity contribution in [1.82, 2.24) is 0 Å². The van der Waals surface area contributed by atoms with E-state index in [0.29, 0.717) is 11.4 Å². The number of amides is 1. The topological polar surface area (TPSA) is 82.2 Å². The summed E-state index contributed by atoms with van der Waals surface area (Å²) in [6, 6.07) is 36.3. The summed E-state index contributed by atoms with van der Waals surface area (Å²) in [5.41, 5.74) is 8.68. The number of para-hydroxylation sites is 2. The van der Waals surface area contributed by atoms with Crippen molar-refractivity contribution >= 4 is 40.4 Å². The molecule has 0 spiro atoms. The molecule has 0 atom stereocenters. The van der Waals surface area contributed by atoms with Gasteiger partial charge in [-0.15, -0.1) is 0 Å². The molecule has 0 heterocycles. The van der Waals surface area contributed by atoms with Crippen molar-refractivity contribution in [2.75, 3.05) is 16.0 Å². The first-order chi connectivity index (χ1) is 16.6. The number of carbonyl (C=O) groups excluding carboxylic acids is 1. The highest BCUT2D eigenvalue weighted by molar-refractivity contribution is 7.99. The van der Waals surface area contributed by atoms with Crippen molar-refractivity contribution in [2.45, 2.75) is 9.79 Å². The molecule has 0 bridgehead atoms. The molecule has 0 aromatic heterocycles. The summed E-state index contributed by atoms with van der Waals surface area (Å²) < 4.78 is 0. The van der Waals surface area contributed by atoms with E-state index in [4.69, 9.17) is 5.73 Å². The molecule has 4 aromatic carbocycles. The Morgan fingerprint density at radius 2 is 1.41 bits per heavy atom. The molecule has 0 aliphatic rings. The van der Waals surface area contributed by atoms with Crippen LogP contribution < -0.4 is 16.0 Å². The van der Waals surface area contributed by atoms with Crippen molar-refractivity contribution < 1.29 is 4.79 Å². The molecular formula is C28H22N4OS. The summed E-state index contributed by atoms with van der Waals surface area (Å²) in [7, 11) is 0. The first-order valence-corrected chi connectivity index (χ1v) is 11.4. The normalized spacial score (nSPS) is 10.9. The number of hydrogen-bond donors (Lipinski definition) is 2. The number of nitriles is 1. The van der Waals surface area contributed by atoms with Crippen molar-refractivity contribution in [1.29, 1.82) is 5.26 Å². The number of rotatable bonds is 7. The number of carbonyl (C=O) groups is 1. The lowest BCUT2D eigenvalue weighted by molar-refractivity contribution is -0.112. The Morgan fingerprint density at radius 1 is 0.824 bits per heavy atom. The predicted molar refractivity (Wildman–Crippen MR) is 139 cm³/mol. The second kappa shape index (κ2) is 10.9. The van der Waals surface area contributed by atoms with Crippen LogP contribution in [0.4, 0.5) is 22.7 Å². The van der Waals surface area contributed by atoms with Crippen molar-refractivity contribution in [3.05, 3.63) is 121 Å². The van der Waals surface area contributed by atoms with Crippen LogP contribution in [0.15, 0.2) is 131 Å². The zero-order valence-electron chi connectivity index (χ0n) is 18.3. The summed E-state index contributed by atoms with van der Waals surface area (Å²) >= 11 is 1.55. The van der Waals surface area contributed by atoms with Gasteiger partial charge in [0.05, 0.1) is 5.69 Å². The van der Waals surface area contributed by atoms with Crippen LogP contribution in [0.5, 0.6) is 0 Å². The monoisotopic (exact) mass is 462 g/mol. The molecular weight excluding hydrogens is 440 g/mol. The standard InChI is InChI=1S/C28H22N4OS/c29-19-21(20-32(23-9-3-1-4-10-23)24-17-15-22(30)16-18-24)28(33)31-26-13-7-8-14-27(26)34-25-11-5-2-6-12-25/h1-18,20H,30H2,(H,31,33)/b21-20-. The summed E-state index contributed by atoms with van der Waals surface area (Å²) in [5.74, 6) is -0.486. The lowest BCUT2D eigenvalue weighted by atomic mass is 10.2. The number of nitrogens with one attached hydrogen (secondary N) is 1. The lowest BCUT2D eigenvalue weighted by Crippen LogP contribution is -2.18. The zero-order valence-corrected chi connectivity index (χ0v) is 19.1. The highest BCUT2D eigenvalue weighted by Crippen LogP contribution is 2.33. The van der Waals surface area contributed by atoms with Crippen molar-refractivity contribution in [3.8, 4) is 6.07 Å². The third-order valence-corrected chi connectivity index (χ3v) is 6.02. The molecule has 1 amide bonds. The van der Waals surface area contributed by atoms with E-state index in [1.807, 2.05) is 103 Å². The summed E-state index contributed by atoms with van der Waals surface area (Å²) in [5, 5.41) is 12.7. The van der Waals surface area contributed by atoms with Gasteiger partial charge in [0, 0.05) is 33.1 Å². The molecule has 166 valence electrons. The fourth-order valence-electron chi connectivity index (χ4n) is 3.25. The van der Waals surface area contributed by atoms with Crippen LogP contribution in [0.25, 0.3) is 0 Å². The third kappa shape index (κ3) is 5.66. The van der Waals surface area contributed by atoms with Crippen LogP contribution in [-0.2, 0) is 4.79 Å². The number of nitrogens with two attached hydrogens (primary N) is 1. The smallest absolute Gasteiger partial charge is 0.267 e. The van der Waals surface area contributed by atoms with Gasteiger partial charge in [-0.3, -0.25) is 4.79 Å². The van der Waals surface area contributed by atoms with Crippen LogP contribution >= 0.6 is 11.8 Å². The van der Waals surface area contributed by atoms with Gasteiger partial charge in [0.15, 0.2) is 0 Å². The maximum absolute atomic E-state index is 13.1. The number of nitrogens with zero attached hydrogens (tertiary/aromatic N) is 2. The average molecular weight is 463 g/mol. The number of hydrogen-bond acceptors (Lipinski definition) is 5. The van der Waals surface area contributed by atoms with Gasteiger partial charge in [0.25, 0.3) is 5.91 Å². The second-order valence-corrected chi connectivity index (χ2v) is 8.43. The average Bonchev–Trinajstić information content (AvgIpc) is 2.88. The SMILES string of the molecule is N#C/C(=C/N(c1ccccc1)c1ccc(N)cc1)C(=O)Nc1ccccc1Sc1ccccc1. The van der Waals surface area contributed by atoms with Crippen LogP contribution in [0.1, 0.15) is 0 Å². The molecule has 0 unspecified atom stereocenters. The van der Waals surface area contributed by atoms with Gasteiger partial charge in [0.2, 0.25) is 0 Å². The molecule has 0 radical (unpaired) electrons. The molecule has 4 rings (SSSR count). The Hall–Kier alpha value is -4.47. The van der Waals surface area contributed by atoms with Gasteiger partial charge in [-0.05, 0) is 60.7 Å². The van der Waals surface area contributed by atoms with Crippen LogP contribution in [-0.4, -0.2) is 5.91 Å². The Bertz CT molecular complexity index is 1330. The van der Waals surface area contributed by atoms with Crippen molar-refractivity contribution in [3.63, 3.8) is 0 Å². The van der Waals surface area contributed by atoms with Gasteiger partial charge in [-0.25, -0.2) is 0 Å². The van der Waals surface area contributed by atoms with E-state index in [-0.39, 0.29) is 5.57 Å². The minimum absolute atomic E-state index is 0.0276. The Kier molecular flexibility index (Phi) is 7.28. The van der Waals surface area contributed by atoms with Crippen LogP contribution in [0.2, 0.25) is 0 Å². The van der Waals surface area contributed by atoms with E-state index in [9.17, 15) is 10.1 Å². The highest BCUT2D eigenvalue weighted by Gasteiger charge is 2.16. The number of nitrogen functional groups attached to an aromatic ring is 1. The van der Waals surface area contributed by atoms with E-state index in [0.717, 1.165) is 21.2 Å². The second-order valence-electron chi connectivity index (χ2n) is 7.32. The Morgan fingerprint density at radius 3 is 2.09 bits per heavy atom. The maximum Gasteiger partial charge on any atom is 0.267 e.